The van der Waals surface area contributed by atoms with E-state index in [4.69, 9.17) is 4.74 Å². The molecule has 12 heavy (non-hydrogen) atoms. The molecule has 0 amide bonds. The molecule has 0 unspecified atom stereocenters. The smallest absolute Gasteiger partial charge is 0.136 e. The van der Waals surface area contributed by atoms with Gasteiger partial charge in [0.1, 0.15) is 11.4 Å². The molecule has 0 bridgehead atoms. The Morgan fingerprint density at radius 3 is 2.67 bits per heavy atom. The molecule has 1 heterocycles. The average Bonchev–Trinajstić information content (AvgIpc) is 2.12. The molecule has 0 aliphatic carbocycles. The minimum Gasteiger partial charge on any atom is -0.487 e. The first-order valence-corrected chi connectivity index (χ1v) is 4.06. The van der Waals surface area contributed by atoms with E-state index in [0.717, 1.165) is 5.76 Å². The van der Waals surface area contributed by atoms with Crippen molar-refractivity contribution in [2.24, 2.45) is 0 Å². The molecular weight excluding hydrogens is 150 g/mol. The molecule has 0 spiro atoms. The van der Waals surface area contributed by atoms with E-state index < -0.39 is 0 Å². The van der Waals surface area contributed by atoms with Gasteiger partial charge < -0.3 is 10.1 Å². The Labute approximate surface area is 73.6 Å². The topological polar surface area (TPSA) is 21.3 Å². The predicted octanol–water partition coefficient (Wildman–Crippen LogP) is 2.32. The fraction of sp³-hybridized carbons (Fsp3) is 0.400. The molecule has 1 rings (SSSR count). The van der Waals surface area contributed by atoms with Gasteiger partial charge in [-0.1, -0.05) is 6.08 Å². The molecule has 2 heteroatoms. The first kappa shape index (κ1) is 8.91. The van der Waals surface area contributed by atoms with E-state index in [-0.39, 0.29) is 5.60 Å². The summed E-state index contributed by atoms with van der Waals surface area (Å²) in [7, 11) is 0. The molecular formula is C10H15NO. The van der Waals surface area contributed by atoms with Gasteiger partial charge in [-0.25, -0.2) is 0 Å². The van der Waals surface area contributed by atoms with Gasteiger partial charge in [-0.3, -0.25) is 0 Å². The minimum absolute atomic E-state index is 0.137. The lowest BCUT2D eigenvalue weighted by atomic mass is 10.2. The number of ether oxygens (including phenoxy) is 1. The van der Waals surface area contributed by atoms with Crippen molar-refractivity contribution in [1.82, 2.24) is 5.32 Å². The van der Waals surface area contributed by atoms with Gasteiger partial charge in [-0.2, -0.15) is 0 Å². The third kappa shape index (κ3) is 3.28. The summed E-state index contributed by atoms with van der Waals surface area (Å²) in [6.07, 6.45) is 9.50. The van der Waals surface area contributed by atoms with Gasteiger partial charge in [0.2, 0.25) is 0 Å². The minimum atomic E-state index is -0.137. The second-order valence-electron chi connectivity index (χ2n) is 3.65. The standard InChI is InChI=1S/C10H15NO/c1-10(2,3)12-9-6-4-5-7-11-8-9/h4-8,11H,1-3H3. The zero-order valence-electron chi connectivity index (χ0n) is 7.79. The molecule has 0 aromatic rings. The molecule has 0 atom stereocenters. The van der Waals surface area contributed by atoms with E-state index in [0.29, 0.717) is 0 Å². The van der Waals surface area contributed by atoms with Crippen LogP contribution < -0.4 is 5.32 Å². The Bertz CT molecular complexity index is 231. The maximum atomic E-state index is 5.63. The maximum absolute atomic E-state index is 5.63. The largest absolute Gasteiger partial charge is 0.487 e. The average molecular weight is 165 g/mol. The summed E-state index contributed by atoms with van der Waals surface area (Å²) >= 11 is 0. The summed E-state index contributed by atoms with van der Waals surface area (Å²) in [6, 6.07) is 0. The third-order valence-electron chi connectivity index (χ3n) is 1.21. The fourth-order valence-electron chi connectivity index (χ4n) is 0.857. The van der Waals surface area contributed by atoms with Crippen LogP contribution in [0.1, 0.15) is 20.8 Å². The maximum Gasteiger partial charge on any atom is 0.136 e. The molecule has 0 saturated carbocycles. The monoisotopic (exact) mass is 165 g/mol. The third-order valence-corrected chi connectivity index (χ3v) is 1.21. The Kier molecular flexibility index (Phi) is 2.58. The molecule has 0 radical (unpaired) electrons. The van der Waals surface area contributed by atoms with E-state index in [1.54, 1.807) is 0 Å². The first-order valence-electron chi connectivity index (χ1n) is 4.06. The van der Waals surface area contributed by atoms with Gasteiger partial charge >= 0.3 is 0 Å². The molecule has 0 fully saturated rings. The second-order valence-corrected chi connectivity index (χ2v) is 3.65. The van der Waals surface area contributed by atoms with Gasteiger partial charge in [0.25, 0.3) is 0 Å². The van der Waals surface area contributed by atoms with Crippen molar-refractivity contribution in [2.75, 3.05) is 0 Å². The summed E-state index contributed by atoms with van der Waals surface area (Å²) in [5.74, 6) is 0.854. The second kappa shape index (κ2) is 3.48. The van der Waals surface area contributed by atoms with Crippen LogP contribution in [-0.4, -0.2) is 5.60 Å². The lowest BCUT2D eigenvalue weighted by Crippen LogP contribution is -2.18. The summed E-state index contributed by atoms with van der Waals surface area (Å²) in [5, 5.41) is 2.99. The van der Waals surface area contributed by atoms with Crippen LogP contribution in [0.5, 0.6) is 0 Å². The van der Waals surface area contributed by atoms with Crippen LogP contribution in [0.3, 0.4) is 0 Å². The lowest BCUT2D eigenvalue weighted by molar-refractivity contribution is 0.0593. The lowest BCUT2D eigenvalue weighted by Gasteiger charge is -2.21. The fourth-order valence-corrected chi connectivity index (χ4v) is 0.857. The molecule has 1 aliphatic rings. The predicted molar refractivity (Wildman–Crippen MR) is 50.3 cm³/mol. The summed E-state index contributed by atoms with van der Waals surface area (Å²) in [4.78, 5) is 0. The quantitative estimate of drug-likeness (QED) is 0.643. The van der Waals surface area contributed by atoms with Crippen molar-refractivity contribution in [3.8, 4) is 0 Å². The first-order chi connectivity index (χ1) is 5.58. The molecule has 2 nitrogen and oxygen atoms in total. The van der Waals surface area contributed by atoms with Crippen LogP contribution in [0.4, 0.5) is 0 Å². The number of hydrogen-bond donors (Lipinski definition) is 1. The zero-order chi connectivity index (χ0) is 9.03. The van der Waals surface area contributed by atoms with Gasteiger partial charge in [0.15, 0.2) is 0 Å². The van der Waals surface area contributed by atoms with E-state index in [9.17, 15) is 0 Å². The van der Waals surface area contributed by atoms with Crippen molar-refractivity contribution in [1.29, 1.82) is 0 Å². The SMILES string of the molecule is CC(C)(C)OC1=CNC=CC=C1. The van der Waals surface area contributed by atoms with E-state index in [2.05, 4.69) is 5.32 Å². The molecule has 1 aliphatic heterocycles. The normalized spacial score (nSPS) is 16.4. The van der Waals surface area contributed by atoms with Crippen LogP contribution in [0.15, 0.2) is 36.4 Å². The van der Waals surface area contributed by atoms with Gasteiger partial charge in [0.05, 0.1) is 0 Å². The van der Waals surface area contributed by atoms with Crippen molar-refractivity contribution >= 4 is 0 Å². The molecule has 0 saturated heterocycles. The van der Waals surface area contributed by atoms with Crippen molar-refractivity contribution in [3.05, 3.63) is 36.4 Å². The Morgan fingerprint density at radius 1 is 1.25 bits per heavy atom. The Morgan fingerprint density at radius 2 is 2.00 bits per heavy atom. The number of rotatable bonds is 1. The summed E-state index contributed by atoms with van der Waals surface area (Å²) < 4.78 is 5.63. The van der Waals surface area contributed by atoms with Crippen LogP contribution in [-0.2, 0) is 4.74 Å². The zero-order valence-corrected chi connectivity index (χ0v) is 7.79. The van der Waals surface area contributed by atoms with Crippen molar-refractivity contribution < 1.29 is 4.74 Å². The summed E-state index contributed by atoms with van der Waals surface area (Å²) in [5.41, 5.74) is -0.137. The molecule has 0 aromatic heterocycles. The molecule has 66 valence electrons. The van der Waals surface area contributed by atoms with E-state index in [1.807, 2.05) is 51.4 Å². The molecule has 0 aromatic carbocycles. The van der Waals surface area contributed by atoms with Gasteiger partial charge in [0, 0.05) is 12.4 Å². The van der Waals surface area contributed by atoms with Crippen molar-refractivity contribution in [3.63, 3.8) is 0 Å². The van der Waals surface area contributed by atoms with Gasteiger partial charge in [-0.15, -0.1) is 0 Å². The van der Waals surface area contributed by atoms with Gasteiger partial charge in [-0.05, 0) is 32.9 Å². The Balaban J connectivity index is 2.59. The van der Waals surface area contributed by atoms with Crippen molar-refractivity contribution in [2.45, 2.75) is 26.4 Å². The number of nitrogens with one attached hydrogen (secondary N) is 1. The molecule has 1 N–H and O–H groups in total. The van der Waals surface area contributed by atoms with Crippen LogP contribution in [0, 0.1) is 0 Å². The number of allylic oxidation sites excluding steroid dienone is 3. The van der Waals surface area contributed by atoms with Crippen LogP contribution in [0.25, 0.3) is 0 Å². The highest BCUT2D eigenvalue weighted by molar-refractivity contribution is 5.20. The van der Waals surface area contributed by atoms with E-state index in [1.165, 1.54) is 0 Å². The van der Waals surface area contributed by atoms with Crippen LogP contribution >= 0.6 is 0 Å². The highest BCUT2D eigenvalue weighted by Crippen LogP contribution is 2.14. The van der Waals surface area contributed by atoms with E-state index >= 15 is 0 Å². The highest BCUT2D eigenvalue weighted by Gasteiger charge is 2.11. The number of hydrogen-bond acceptors (Lipinski definition) is 2. The van der Waals surface area contributed by atoms with Crippen LogP contribution in [0.2, 0.25) is 0 Å². The highest BCUT2D eigenvalue weighted by atomic mass is 16.5. The summed E-state index contributed by atoms with van der Waals surface area (Å²) in [6.45, 7) is 6.08. The Hall–Kier alpha value is -1.18.